The number of likely N-dealkylation sites (N-methyl/N-ethyl adjacent to an activating group) is 6. The summed E-state index contributed by atoms with van der Waals surface area (Å²) in [4.78, 5) is 8.91. The van der Waals surface area contributed by atoms with Crippen molar-refractivity contribution in [3.8, 4) is 0 Å². The zero-order valence-electron chi connectivity index (χ0n) is 47.8. The summed E-state index contributed by atoms with van der Waals surface area (Å²) in [5, 5.41) is 30.8. The van der Waals surface area contributed by atoms with Crippen LogP contribution in [0.4, 0.5) is 13.2 Å². The van der Waals surface area contributed by atoms with Crippen LogP contribution in [-0.4, -0.2) is 220 Å². The molecule has 0 radical (unpaired) electrons. The SMILES string of the molecule is CN(C)CCN(C)C.CN(C)CC[N+](C)(C)CCCCCCCCCCCO.CN(C)CC[N+](C)(C)CCCCCCCCCCCO.NS(=O)(=O)C(F)(F)F.OCCCCCCCCCCCBr.[Br-]. The zero-order valence-corrected chi connectivity index (χ0v) is 51.8. The highest BCUT2D eigenvalue weighted by molar-refractivity contribution is 9.09. The van der Waals surface area contributed by atoms with E-state index in [0.717, 1.165) is 46.6 Å². The Hall–Kier alpha value is 0.300. The van der Waals surface area contributed by atoms with Crippen LogP contribution in [0.2, 0.25) is 0 Å². The molecular formula is C52H119Br2F3N7O5S+. The van der Waals surface area contributed by atoms with Gasteiger partial charge in [0.15, 0.2) is 0 Å². The minimum atomic E-state index is -5.34. The molecule has 0 aromatic rings. The molecule has 0 atom stereocenters. The van der Waals surface area contributed by atoms with Crippen LogP contribution < -0.4 is 22.1 Å². The average molecular weight is 1170 g/mol. The molecule has 0 aliphatic heterocycles. The van der Waals surface area contributed by atoms with Crippen LogP contribution in [0.5, 0.6) is 0 Å². The van der Waals surface area contributed by atoms with Crippen LogP contribution in [0.25, 0.3) is 0 Å². The molecule has 18 heteroatoms. The molecule has 0 aromatic heterocycles. The van der Waals surface area contributed by atoms with Gasteiger partial charge < -0.3 is 60.9 Å². The van der Waals surface area contributed by atoms with Gasteiger partial charge in [0.1, 0.15) is 0 Å². The van der Waals surface area contributed by atoms with E-state index in [1.54, 1.807) is 0 Å². The smallest absolute Gasteiger partial charge is 0.511 e. The van der Waals surface area contributed by atoms with E-state index in [-0.39, 0.29) is 17.0 Å². The Balaban J connectivity index is -0.000000191. The van der Waals surface area contributed by atoms with Crippen molar-refractivity contribution in [3.05, 3.63) is 0 Å². The maximum Gasteiger partial charge on any atom is 0.511 e. The predicted octanol–water partition coefficient (Wildman–Crippen LogP) is 7.05. The van der Waals surface area contributed by atoms with Crippen LogP contribution in [-0.2, 0) is 10.0 Å². The molecular weight excluding hydrogens is 1050 g/mol. The first kappa shape index (κ1) is 81.7. The molecule has 0 rings (SSSR count). The van der Waals surface area contributed by atoms with Gasteiger partial charge in [0.2, 0.25) is 0 Å². The van der Waals surface area contributed by atoms with Crippen molar-refractivity contribution in [2.75, 3.05) is 162 Å². The van der Waals surface area contributed by atoms with E-state index in [9.17, 15) is 21.6 Å². The van der Waals surface area contributed by atoms with Gasteiger partial charge in [-0.15, -0.1) is 0 Å². The molecule has 432 valence electrons. The Labute approximate surface area is 452 Å². The second-order valence-electron chi connectivity index (χ2n) is 21.4. The molecule has 0 saturated heterocycles. The number of quaternary nitrogens is 2. The zero-order chi connectivity index (χ0) is 53.9. The molecule has 0 fully saturated rings. The normalized spacial score (nSPS) is 11.9. The first-order chi connectivity index (χ1) is 32.2. The van der Waals surface area contributed by atoms with E-state index in [1.807, 2.05) is 0 Å². The topological polar surface area (TPSA) is 134 Å². The van der Waals surface area contributed by atoms with Crippen LogP contribution in [0, 0.1) is 0 Å². The highest BCUT2D eigenvalue weighted by Crippen LogP contribution is 2.19. The standard InChI is InChI=1S/2C17H39N2O.C11H23BrO.C6H16N2.CH2F3NO2S.BrH/c2*1-18(2)14-16-19(3,4)15-12-10-8-6-5-7-9-11-13-17-20;12-10-8-6-4-2-1-3-5-7-9-11-13;1-7(2)5-6-8(3)4;2-1(3,4)8(5,6)7;/h2*20H,5-17H2,1-4H3;13H,1-11H2;5-6H2,1-4H3;(H2,5,6,7);1H/q2*+1;;;;/p-1. The fourth-order valence-electron chi connectivity index (χ4n) is 6.79. The molecule has 0 saturated carbocycles. The Bertz CT molecular complexity index is 1060. The summed E-state index contributed by atoms with van der Waals surface area (Å²) >= 11 is 3.44. The molecule has 0 aliphatic rings. The molecule has 0 spiro atoms. The number of hydrogen-bond donors (Lipinski definition) is 4. The number of rotatable bonds is 41. The molecule has 0 amide bonds. The Morgan fingerprint density at radius 3 is 0.757 bits per heavy atom. The summed E-state index contributed by atoms with van der Waals surface area (Å²) in [7, 11) is 21.0. The number of halogens is 5. The molecule has 0 bridgehead atoms. The number of alkyl halides is 4. The van der Waals surface area contributed by atoms with E-state index in [1.165, 1.54) is 193 Å². The van der Waals surface area contributed by atoms with Crippen LogP contribution in [0.3, 0.4) is 0 Å². The van der Waals surface area contributed by atoms with Gasteiger partial charge in [-0.1, -0.05) is 138 Å². The molecule has 12 nitrogen and oxygen atoms in total. The second kappa shape index (κ2) is 57.0. The summed E-state index contributed by atoms with van der Waals surface area (Å²) in [5.41, 5.74) is -5.31. The van der Waals surface area contributed by atoms with Crippen LogP contribution >= 0.6 is 15.9 Å². The minimum Gasteiger partial charge on any atom is -1.00 e. The Kier molecular flexibility index (Phi) is 66.5. The largest absolute Gasteiger partial charge is 1.00 e. The number of hydrogen-bond acceptors (Lipinski definition) is 9. The van der Waals surface area contributed by atoms with Crippen molar-refractivity contribution in [1.29, 1.82) is 0 Å². The third kappa shape index (κ3) is 79.7. The molecule has 0 aromatic carbocycles. The molecule has 5 N–H and O–H groups in total. The molecule has 70 heavy (non-hydrogen) atoms. The lowest BCUT2D eigenvalue weighted by atomic mass is 10.1. The lowest BCUT2D eigenvalue weighted by molar-refractivity contribution is -0.890. The number of aliphatic hydroxyl groups excluding tert-OH is 3. The molecule has 0 aliphatic carbocycles. The first-order valence-electron chi connectivity index (χ1n) is 27.0. The Morgan fingerprint density at radius 2 is 0.586 bits per heavy atom. The number of unbranched alkanes of at least 4 members (excludes halogenated alkanes) is 24. The summed E-state index contributed by atoms with van der Waals surface area (Å²) in [6, 6.07) is 0. The maximum absolute atomic E-state index is 10.8. The quantitative estimate of drug-likeness (QED) is 0.0289. The number of primary sulfonamides is 1. The van der Waals surface area contributed by atoms with Crippen molar-refractivity contribution < 1.29 is 62.9 Å². The summed E-state index contributed by atoms with van der Waals surface area (Å²) in [5.74, 6) is 0. The van der Waals surface area contributed by atoms with E-state index in [2.05, 4.69) is 125 Å². The second-order valence-corrected chi connectivity index (χ2v) is 23.7. The minimum absolute atomic E-state index is 0. The Morgan fingerprint density at radius 1 is 0.400 bits per heavy atom. The number of aliphatic hydroxyl groups is 3. The van der Waals surface area contributed by atoms with E-state index >= 15 is 0 Å². The van der Waals surface area contributed by atoms with Crippen molar-refractivity contribution in [2.24, 2.45) is 5.14 Å². The maximum atomic E-state index is 10.8. The lowest BCUT2D eigenvalue weighted by Crippen LogP contribution is -3.00. The van der Waals surface area contributed by atoms with Gasteiger partial charge in [-0.25, -0.2) is 13.6 Å². The van der Waals surface area contributed by atoms with Gasteiger partial charge in [0.05, 0.1) is 54.4 Å². The molecule has 0 unspecified atom stereocenters. The first-order valence-corrected chi connectivity index (χ1v) is 29.6. The molecule has 0 heterocycles. The van der Waals surface area contributed by atoms with Gasteiger partial charge in [-0.05, 0) is 108 Å². The summed E-state index contributed by atoms with van der Waals surface area (Å²) in [6.07, 6.45) is 35.3. The van der Waals surface area contributed by atoms with Gasteiger partial charge >= 0.3 is 15.5 Å². The third-order valence-electron chi connectivity index (χ3n) is 11.8. The highest BCUT2D eigenvalue weighted by Gasteiger charge is 2.42. The fraction of sp³-hybridized carbons (Fsp3) is 1.00. The summed E-state index contributed by atoms with van der Waals surface area (Å²) < 4.78 is 53.5. The fourth-order valence-corrected chi connectivity index (χ4v) is 7.18. The van der Waals surface area contributed by atoms with E-state index in [0.29, 0.717) is 19.8 Å². The van der Waals surface area contributed by atoms with Gasteiger partial charge in [0, 0.05) is 51.3 Å². The van der Waals surface area contributed by atoms with Crippen molar-refractivity contribution in [3.63, 3.8) is 0 Å². The highest BCUT2D eigenvalue weighted by atomic mass is 79.9. The van der Waals surface area contributed by atoms with E-state index < -0.39 is 15.5 Å². The third-order valence-corrected chi connectivity index (χ3v) is 13.0. The van der Waals surface area contributed by atoms with Crippen molar-refractivity contribution >= 4 is 26.0 Å². The monoisotopic (exact) mass is 1170 g/mol. The summed E-state index contributed by atoms with van der Waals surface area (Å²) in [6.45, 7) is 10.9. The van der Waals surface area contributed by atoms with Crippen molar-refractivity contribution in [2.45, 2.75) is 179 Å². The van der Waals surface area contributed by atoms with Gasteiger partial charge in [0.25, 0.3) is 0 Å². The van der Waals surface area contributed by atoms with Crippen LogP contribution in [0.1, 0.15) is 173 Å². The number of nitrogens with zero attached hydrogens (tertiary/aromatic N) is 6. The van der Waals surface area contributed by atoms with Crippen molar-refractivity contribution in [1.82, 2.24) is 19.6 Å². The van der Waals surface area contributed by atoms with E-state index in [4.69, 9.17) is 15.3 Å². The number of nitrogens with two attached hydrogens (primary N) is 1. The van der Waals surface area contributed by atoms with Crippen LogP contribution in [0.15, 0.2) is 0 Å². The van der Waals surface area contributed by atoms with Gasteiger partial charge in [-0.2, -0.15) is 13.2 Å². The average Bonchev–Trinajstić information content (AvgIpc) is 3.25. The number of sulfonamides is 1. The lowest BCUT2D eigenvalue weighted by Gasteiger charge is -2.31. The predicted molar refractivity (Wildman–Crippen MR) is 297 cm³/mol. The van der Waals surface area contributed by atoms with Gasteiger partial charge in [-0.3, -0.25) is 0 Å².